The lowest BCUT2D eigenvalue weighted by atomic mass is 10.1. The Kier molecular flexibility index (Phi) is 1.99. The molecule has 0 N–H and O–H groups in total. The molecule has 0 radical (unpaired) electrons. The van der Waals surface area contributed by atoms with Gasteiger partial charge in [-0.2, -0.15) is 4.80 Å². The maximum atomic E-state index is 13.3. The summed E-state index contributed by atoms with van der Waals surface area (Å²) in [6.07, 6.45) is 0. The Morgan fingerprint density at radius 2 is 2.14 bits per heavy atom. The summed E-state index contributed by atoms with van der Waals surface area (Å²) in [5, 5.41) is 11.3. The fourth-order valence-corrected chi connectivity index (χ4v) is 1.20. The lowest BCUT2D eigenvalue weighted by molar-refractivity contribution is 0.625. The number of halogens is 1. The highest BCUT2D eigenvalue weighted by atomic mass is 19.1. The normalized spacial score (nSPS) is 10.5. The van der Waals surface area contributed by atoms with Gasteiger partial charge < -0.3 is 0 Å². The molecule has 0 amide bonds. The van der Waals surface area contributed by atoms with Crippen molar-refractivity contribution in [3.63, 3.8) is 0 Å². The van der Waals surface area contributed by atoms with Crippen molar-refractivity contribution in [1.82, 2.24) is 20.2 Å². The van der Waals surface area contributed by atoms with Gasteiger partial charge in [-0.3, -0.25) is 0 Å². The number of tetrazole rings is 1. The Morgan fingerprint density at radius 3 is 2.79 bits per heavy atom. The second kappa shape index (κ2) is 3.17. The maximum Gasteiger partial charge on any atom is 0.207 e. The quantitative estimate of drug-likeness (QED) is 0.684. The van der Waals surface area contributed by atoms with Gasteiger partial charge in [0.15, 0.2) is 0 Å². The molecule has 0 spiro atoms. The molecule has 1 heterocycles. The van der Waals surface area contributed by atoms with Crippen LogP contribution in [0.3, 0.4) is 0 Å². The topological polar surface area (TPSA) is 43.6 Å². The van der Waals surface area contributed by atoms with Gasteiger partial charge in [0.05, 0.1) is 12.6 Å². The van der Waals surface area contributed by atoms with E-state index in [0.717, 1.165) is 5.56 Å². The average Bonchev–Trinajstić information content (AvgIpc) is 2.56. The second-order valence-electron chi connectivity index (χ2n) is 3.09. The van der Waals surface area contributed by atoms with Gasteiger partial charge in [-0.1, -0.05) is 11.6 Å². The number of hydrogen-bond acceptors (Lipinski definition) is 3. The molecule has 1 aromatic heterocycles. The molecule has 5 heteroatoms. The first-order valence-corrected chi connectivity index (χ1v) is 4.17. The van der Waals surface area contributed by atoms with Gasteiger partial charge in [0.2, 0.25) is 5.82 Å². The van der Waals surface area contributed by atoms with Gasteiger partial charge >= 0.3 is 0 Å². The van der Waals surface area contributed by atoms with Crippen LogP contribution in [0.2, 0.25) is 0 Å². The van der Waals surface area contributed by atoms with Crippen LogP contribution in [-0.2, 0) is 7.05 Å². The third kappa shape index (κ3) is 1.48. The van der Waals surface area contributed by atoms with Crippen LogP contribution in [-0.4, -0.2) is 20.2 Å². The summed E-state index contributed by atoms with van der Waals surface area (Å²) in [6, 6.07) is 4.81. The van der Waals surface area contributed by atoms with Crippen LogP contribution in [0.4, 0.5) is 4.39 Å². The van der Waals surface area contributed by atoms with Crippen molar-refractivity contribution in [2.24, 2.45) is 7.05 Å². The number of aryl methyl sites for hydroxylation is 2. The molecule has 0 saturated carbocycles. The highest BCUT2D eigenvalue weighted by Crippen LogP contribution is 2.19. The van der Waals surface area contributed by atoms with Crippen LogP contribution < -0.4 is 0 Å². The van der Waals surface area contributed by atoms with Crippen molar-refractivity contribution in [2.45, 2.75) is 6.92 Å². The molecule has 0 aliphatic rings. The number of nitrogens with zero attached hydrogens (tertiary/aromatic N) is 4. The van der Waals surface area contributed by atoms with Gasteiger partial charge in [-0.05, 0) is 24.3 Å². The average molecular weight is 192 g/mol. The zero-order valence-electron chi connectivity index (χ0n) is 7.90. The van der Waals surface area contributed by atoms with Crippen LogP contribution >= 0.6 is 0 Å². The Labute approximate surface area is 80.4 Å². The fraction of sp³-hybridized carbons (Fsp3) is 0.222. The summed E-state index contributed by atoms with van der Waals surface area (Å²) in [5.74, 6) is -0.0164. The molecular formula is C9H9FN4. The molecule has 2 aromatic rings. The minimum atomic E-state index is -0.330. The Bertz CT molecular complexity index is 464. The van der Waals surface area contributed by atoms with Gasteiger partial charge in [-0.15, -0.1) is 10.2 Å². The summed E-state index contributed by atoms with van der Waals surface area (Å²) in [6.45, 7) is 1.89. The molecule has 0 fully saturated rings. The first-order chi connectivity index (χ1) is 6.66. The highest BCUT2D eigenvalue weighted by molar-refractivity contribution is 5.55. The summed E-state index contributed by atoms with van der Waals surface area (Å²) < 4.78 is 13.3. The largest absolute Gasteiger partial charge is 0.207 e. The molecule has 0 aliphatic heterocycles. The molecule has 4 nitrogen and oxygen atoms in total. The second-order valence-corrected chi connectivity index (χ2v) is 3.09. The number of aromatic nitrogens is 4. The maximum absolute atomic E-state index is 13.3. The standard InChI is InChI=1S/C9H9FN4/c1-6-3-4-8(10)7(5-6)9-11-13-14(2)12-9/h3-5H,1-2H3. The zero-order chi connectivity index (χ0) is 10.1. The Balaban J connectivity index is 2.55. The molecular weight excluding hydrogens is 183 g/mol. The lowest BCUT2D eigenvalue weighted by Crippen LogP contribution is -1.92. The predicted molar refractivity (Wildman–Crippen MR) is 48.9 cm³/mol. The lowest BCUT2D eigenvalue weighted by Gasteiger charge is -1.98. The Morgan fingerprint density at radius 1 is 1.36 bits per heavy atom. The van der Waals surface area contributed by atoms with Crippen LogP contribution in [0.15, 0.2) is 18.2 Å². The first kappa shape index (κ1) is 8.80. The van der Waals surface area contributed by atoms with Gasteiger partial charge in [0.1, 0.15) is 5.82 Å². The van der Waals surface area contributed by atoms with E-state index in [2.05, 4.69) is 15.4 Å². The van der Waals surface area contributed by atoms with Crippen LogP contribution in [0, 0.1) is 12.7 Å². The molecule has 14 heavy (non-hydrogen) atoms. The molecule has 0 aliphatic carbocycles. The van der Waals surface area contributed by atoms with E-state index in [1.807, 2.05) is 6.92 Å². The number of rotatable bonds is 1. The van der Waals surface area contributed by atoms with Crippen molar-refractivity contribution in [3.05, 3.63) is 29.6 Å². The summed E-state index contributed by atoms with van der Waals surface area (Å²) in [5.41, 5.74) is 1.35. The third-order valence-electron chi connectivity index (χ3n) is 1.87. The molecule has 0 unspecified atom stereocenters. The van der Waals surface area contributed by atoms with Crippen LogP contribution in [0.1, 0.15) is 5.56 Å². The smallest absolute Gasteiger partial charge is 0.206 e. The van der Waals surface area contributed by atoms with E-state index in [9.17, 15) is 4.39 Å². The molecule has 0 bridgehead atoms. The van der Waals surface area contributed by atoms with E-state index >= 15 is 0 Å². The van der Waals surface area contributed by atoms with E-state index in [1.54, 1.807) is 19.2 Å². The molecule has 72 valence electrons. The van der Waals surface area contributed by atoms with Gasteiger partial charge in [0, 0.05) is 0 Å². The van der Waals surface area contributed by atoms with E-state index in [-0.39, 0.29) is 5.82 Å². The van der Waals surface area contributed by atoms with Crippen molar-refractivity contribution in [2.75, 3.05) is 0 Å². The van der Waals surface area contributed by atoms with Gasteiger partial charge in [0.25, 0.3) is 0 Å². The SMILES string of the molecule is Cc1ccc(F)c(-c2nnn(C)n2)c1. The minimum absolute atomic E-state index is 0.314. The van der Waals surface area contributed by atoms with Crippen molar-refractivity contribution in [3.8, 4) is 11.4 Å². The molecule has 0 atom stereocenters. The van der Waals surface area contributed by atoms with E-state index in [1.165, 1.54) is 10.9 Å². The first-order valence-electron chi connectivity index (χ1n) is 4.17. The zero-order valence-corrected chi connectivity index (χ0v) is 7.90. The fourth-order valence-electron chi connectivity index (χ4n) is 1.20. The van der Waals surface area contributed by atoms with E-state index < -0.39 is 0 Å². The van der Waals surface area contributed by atoms with Crippen molar-refractivity contribution < 1.29 is 4.39 Å². The monoisotopic (exact) mass is 192 g/mol. The number of hydrogen-bond donors (Lipinski definition) is 0. The molecule has 0 saturated heterocycles. The summed E-state index contributed by atoms with van der Waals surface area (Å²) >= 11 is 0. The predicted octanol–water partition coefficient (Wildman–Crippen LogP) is 1.32. The van der Waals surface area contributed by atoms with Crippen LogP contribution in [0.25, 0.3) is 11.4 Å². The minimum Gasteiger partial charge on any atom is -0.206 e. The van der Waals surface area contributed by atoms with Gasteiger partial charge in [-0.25, -0.2) is 4.39 Å². The molecule has 2 rings (SSSR count). The number of benzene rings is 1. The summed E-state index contributed by atoms with van der Waals surface area (Å²) in [4.78, 5) is 1.30. The summed E-state index contributed by atoms with van der Waals surface area (Å²) in [7, 11) is 1.64. The van der Waals surface area contributed by atoms with Crippen molar-refractivity contribution >= 4 is 0 Å². The third-order valence-corrected chi connectivity index (χ3v) is 1.87. The van der Waals surface area contributed by atoms with E-state index in [0.29, 0.717) is 11.4 Å². The highest BCUT2D eigenvalue weighted by Gasteiger charge is 2.09. The van der Waals surface area contributed by atoms with Crippen LogP contribution in [0.5, 0.6) is 0 Å². The molecule has 1 aromatic carbocycles. The Hall–Kier alpha value is -1.78. The van der Waals surface area contributed by atoms with E-state index in [4.69, 9.17) is 0 Å². The van der Waals surface area contributed by atoms with Crippen molar-refractivity contribution in [1.29, 1.82) is 0 Å².